The molecule has 0 aliphatic rings. The van der Waals surface area contributed by atoms with Gasteiger partial charge >= 0.3 is 0 Å². The summed E-state index contributed by atoms with van der Waals surface area (Å²) in [5, 5.41) is 14.8. The molecule has 0 aliphatic carbocycles. The lowest BCUT2D eigenvalue weighted by molar-refractivity contribution is 0.288. The lowest BCUT2D eigenvalue weighted by Gasteiger charge is -2.08. The van der Waals surface area contributed by atoms with Crippen LogP contribution in [0.5, 0.6) is 0 Å². The first kappa shape index (κ1) is 14.4. The number of anilines is 2. The first-order valence-electron chi connectivity index (χ1n) is 6.04. The Hall–Kier alpha value is -2.06. The topological polar surface area (TPSA) is 121 Å². The van der Waals surface area contributed by atoms with Gasteiger partial charge in [0.25, 0.3) is 10.0 Å². The van der Waals surface area contributed by atoms with Crippen molar-refractivity contribution in [1.29, 1.82) is 0 Å². The molecule has 5 N–H and O–H groups in total. The van der Waals surface area contributed by atoms with Gasteiger partial charge in [-0.15, -0.1) is 0 Å². The summed E-state index contributed by atoms with van der Waals surface area (Å²) in [6, 6.07) is 7.00. The molecular formula is C12H16N4O3S. The number of sulfonamides is 1. The maximum Gasteiger partial charge on any atom is 0.267 e. The molecule has 1 heterocycles. The molecular weight excluding hydrogens is 280 g/mol. The van der Waals surface area contributed by atoms with Crippen LogP contribution >= 0.6 is 0 Å². The first-order chi connectivity index (χ1) is 9.53. The minimum absolute atomic E-state index is 0.00562. The van der Waals surface area contributed by atoms with E-state index in [4.69, 9.17) is 10.8 Å². The van der Waals surface area contributed by atoms with Gasteiger partial charge < -0.3 is 10.8 Å². The maximum absolute atomic E-state index is 12.1. The summed E-state index contributed by atoms with van der Waals surface area (Å²) in [5.74, 6) is -0.00562. The van der Waals surface area contributed by atoms with Crippen LogP contribution in [0.1, 0.15) is 12.0 Å². The van der Waals surface area contributed by atoms with E-state index in [1.54, 1.807) is 18.2 Å². The van der Waals surface area contributed by atoms with E-state index in [1.807, 2.05) is 6.07 Å². The number of aryl methyl sites for hydroxylation is 1. The van der Waals surface area contributed by atoms with Crippen LogP contribution in [-0.2, 0) is 16.4 Å². The number of H-pyrrole nitrogens is 1. The van der Waals surface area contributed by atoms with Crippen molar-refractivity contribution in [2.75, 3.05) is 17.1 Å². The summed E-state index contributed by atoms with van der Waals surface area (Å²) in [6.07, 6.45) is 2.47. The van der Waals surface area contributed by atoms with E-state index in [1.165, 1.54) is 0 Å². The number of nitrogen functional groups attached to an aromatic ring is 1. The monoisotopic (exact) mass is 296 g/mol. The molecule has 0 fully saturated rings. The Kier molecular flexibility index (Phi) is 4.26. The molecule has 0 atom stereocenters. The highest BCUT2D eigenvalue weighted by Crippen LogP contribution is 2.20. The van der Waals surface area contributed by atoms with Crippen molar-refractivity contribution in [1.82, 2.24) is 10.2 Å². The van der Waals surface area contributed by atoms with Crippen LogP contribution in [0.3, 0.4) is 0 Å². The molecule has 1 aromatic heterocycles. The Balaban J connectivity index is 2.19. The molecule has 0 radical (unpaired) electrons. The van der Waals surface area contributed by atoms with E-state index in [2.05, 4.69) is 14.9 Å². The minimum Gasteiger partial charge on any atom is -0.396 e. The van der Waals surface area contributed by atoms with Crippen molar-refractivity contribution in [3.05, 3.63) is 36.0 Å². The Morgan fingerprint density at radius 1 is 1.40 bits per heavy atom. The molecule has 0 spiro atoms. The number of aromatic amines is 1. The molecule has 2 aromatic rings. The van der Waals surface area contributed by atoms with Gasteiger partial charge in [-0.1, -0.05) is 12.1 Å². The lowest BCUT2D eigenvalue weighted by atomic mass is 10.1. The maximum atomic E-state index is 12.1. The van der Waals surface area contributed by atoms with Gasteiger partial charge in [-0.05, 0) is 30.5 Å². The number of hydrogen-bond donors (Lipinski definition) is 4. The standard InChI is InChI=1S/C12H16N4O3S/c13-12-11(8-14-15-12)20(18,19)16-10-5-1-3-9(7-10)4-2-6-17/h1,3,5,7-8,16-17H,2,4,6H2,(H3,13,14,15). The van der Waals surface area contributed by atoms with Crippen molar-refractivity contribution < 1.29 is 13.5 Å². The van der Waals surface area contributed by atoms with Crippen molar-refractivity contribution in [2.45, 2.75) is 17.7 Å². The Morgan fingerprint density at radius 2 is 2.20 bits per heavy atom. The predicted octanol–water partition coefficient (Wildman–Crippen LogP) is 0.718. The van der Waals surface area contributed by atoms with Gasteiger partial charge in [-0.25, -0.2) is 8.42 Å². The number of aromatic nitrogens is 2. The van der Waals surface area contributed by atoms with Crippen molar-refractivity contribution in [2.24, 2.45) is 0 Å². The number of aliphatic hydroxyl groups excluding tert-OH is 1. The minimum atomic E-state index is -3.76. The third kappa shape index (κ3) is 3.28. The van der Waals surface area contributed by atoms with E-state index in [9.17, 15) is 8.42 Å². The number of nitrogens with zero attached hydrogens (tertiary/aromatic N) is 1. The van der Waals surface area contributed by atoms with Crippen LogP contribution in [0.15, 0.2) is 35.4 Å². The van der Waals surface area contributed by atoms with E-state index in [0.717, 1.165) is 11.8 Å². The molecule has 0 saturated heterocycles. The van der Waals surface area contributed by atoms with Crippen molar-refractivity contribution >= 4 is 21.5 Å². The largest absolute Gasteiger partial charge is 0.396 e. The lowest BCUT2D eigenvalue weighted by Crippen LogP contribution is -2.14. The fourth-order valence-electron chi connectivity index (χ4n) is 1.78. The highest BCUT2D eigenvalue weighted by atomic mass is 32.2. The Morgan fingerprint density at radius 3 is 2.85 bits per heavy atom. The number of nitrogens with one attached hydrogen (secondary N) is 2. The van der Waals surface area contributed by atoms with E-state index in [0.29, 0.717) is 18.5 Å². The second-order valence-corrected chi connectivity index (χ2v) is 5.93. The van der Waals surface area contributed by atoms with Gasteiger partial charge in [-0.3, -0.25) is 9.82 Å². The second-order valence-electron chi connectivity index (χ2n) is 4.28. The summed E-state index contributed by atoms with van der Waals surface area (Å²) in [7, 11) is -3.76. The molecule has 108 valence electrons. The zero-order chi connectivity index (χ0) is 14.6. The Labute approximate surface area is 116 Å². The van der Waals surface area contributed by atoms with Crippen LogP contribution in [0.4, 0.5) is 11.5 Å². The Bertz CT molecular complexity index is 682. The molecule has 0 saturated carbocycles. The highest BCUT2D eigenvalue weighted by molar-refractivity contribution is 7.92. The smallest absolute Gasteiger partial charge is 0.267 e. The predicted molar refractivity (Wildman–Crippen MR) is 75.7 cm³/mol. The molecule has 20 heavy (non-hydrogen) atoms. The number of rotatable bonds is 6. The molecule has 7 nitrogen and oxygen atoms in total. The fraction of sp³-hybridized carbons (Fsp3) is 0.250. The van der Waals surface area contributed by atoms with Crippen molar-refractivity contribution in [3.63, 3.8) is 0 Å². The summed E-state index contributed by atoms with van der Waals surface area (Å²) in [6.45, 7) is 0.0987. The molecule has 0 bridgehead atoms. The van der Waals surface area contributed by atoms with Crippen LogP contribution in [0.2, 0.25) is 0 Å². The molecule has 2 rings (SSSR count). The fourth-order valence-corrected chi connectivity index (χ4v) is 2.86. The first-order valence-corrected chi connectivity index (χ1v) is 7.53. The van der Waals surface area contributed by atoms with Crippen LogP contribution in [0.25, 0.3) is 0 Å². The number of benzene rings is 1. The molecule has 1 aromatic carbocycles. The summed E-state index contributed by atoms with van der Waals surface area (Å²) < 4.78 is 26.7. The average Bonchev–Trinajstić information content (AvgIpc) is 2.83. The number of nitrogens with two attached hydrogens (primary N) is 1. The van der Waals surface area contributed by atoms with E-state index in [-0.39, 0.29) is 17.3 Å². The van der Waals surface area contributed by atoms with Gasteiger partial charge in [-0.2, -0.15) is 5.10 Å². The van der Waals surface area contributed by atoms with Gasteiger partial charge in [0.2, 0.25) is 0 Å². The summed E-state index contributed by atoms with van der Waals surface area (Å²) in [5.41, 5.74) is 6.90. The number of hydrogen-bond acceptors (Lipinski definition) is 5. The average molecular weight is 296 g/mol. The third-order valence-corrected chi connectivity index (χ3v) is 4.13. The quantitative estimate of drug-likeness (QED) is 0.625. The highest BCUT2D eigenvalue weighted by Gasteiger charge is 2.19. The second kappa shape index (κ2) is 5.93. The van der Waals surface area contributed by atoms with Gasteiger partial charge in [0, 0.05) is 12.3 Å². The SMILES string of the molecule is Nc1[nH]ncc1S(=O)(=O)Nc1cccc(CCCO)c1. The third-order valence-electron chi connectivity index (χ3n) is 2.72. The van der Waals surface area contributed by atoms with Gasteiger partial charge in [0.1, 0.15) is 10.7 Å². The number of aliphatic hydroxyl groups is 1. The van der Waals surface area contributed by atoms with Gasteiger partial charge in [0.05, 0.1) is 6.20 Å². The van der Waals surface area contributed by atoms with Crippen LogP contribution in [-0.4, -0.2) is 30.3 Å². The molecule has 8 heteroatoms. The van der Waals surface area contributed by atoms with Gasteiger partial charge in [0.15, 0.2) is 0 Å². The van der Waals surface area contributed by atoms with E-state index < -0.39 is 10.0 Å². The summed E-state index contributed by atoms with van der Waals surface area (Å²) >= 11 is 0. The zero-order valence-electron chi connectivity index (χ0n) is 10.7. The summed E-state index contributed by atoms with van der Waals surface area (Å²) in [4.78, 5) is -0.0849. The van der Waals surface area contributed by atoms with Crippen molar-refractivity contribution in [3.8, 4) is 0 Å². The van der Waals surface area contributed by atoms with Crippen LogP contribution < -0.4 is 10.5 Å². The zero-order valence-corrected chi connectivity index (χ0v) is 11.5. The molecule has 0 unspecified atom stereocenters. The molecule has 0 aliphatic heterocycles. The van der Waals surface area contributed by atoms with E-state index >= 15 is 0 Å². The normalized spacial score (nSPS) is 11.4. The van der Waals surface area contributed by atoms with Crippen LogP contribution in [0, 0.1) is 0 Å². The molecule has 0 amide bonds.